The predicted molar refractivity (Wildman–Crippen MR) is 104 cm³/mol. The average Bonchev–Trinajstić information content (AvgIpc) is 2.95. The molecule has 0 aliphatic carbocycles. The number of hydrogen-bond acceptors (Lipinski definition) is 9. The molecule has 0 saturated heterocycles. The van der Waals surface area contributed by atoms with Crippen LogP contribution in [-0.2, 0) is 16.4 Å². The van der Waals surface area contributed by atoms with Crippen LogP contribution in [-0.4, -0.2) is 35.4 Å². The molecule has 0 aromatic carbocycles. The number of thioether (sulfide) groups is 1. The van der Waals surface area contributed by atoms with E-state index in [4.69, 9.17) is 11.0 Å². The van der Waals surface area contributed by atoms with Crippen molar-refractivity contribution >= 4 is 54.7 Å². The van der Waals surface area contributed by atoms with Crippen molar-refractivity contribution in [2.75, 3.05) is 22.5 Å². The Morgan fingerprint density at radius 2 is 2.19 bits per heavy atom. The summed E-state index contributed by atoms with van der Waals surface area (Å²) in [7, 11) is -3.34. The number of nitriles is 1. The molecule has 8 nitrogen and oxygen atoms in total. The minimum absolute atomic E-state index is 0.231. The van der Waals surface area contributed by atoms with Crippen LogP contribution in [0.2, 0.25) is 0 Å². The van der Waals surface area contributed by atoms with Gasteiger partial charge in [0.15, 0.2) is 5.16 Å². The van der Waals surface area contributed by atoms with Crippen molar-refractivity contribution in [1.29, 1.82) is 5.26 Å². The highest BCUT2D eigenvalue weighted by atomic mass is 32.2. The van der Waals surface area contributed by atoms with Gasteiger partial charge in [-0.25, -0.2) is 18.4 Å². The topological polar surface area (TPSA) is 135 Å². The number of nitrogens with zero attached hydrogens (tertiary/aromatic N) is 4. The number of anilines is 2. The van der Waals surface area contributed by atoms with Crippen molar-refractivity contribution in [3.05, 3.63) is 35.1 Å². The zero-order valence-electron chi connectivity index (χ0n) is 13.6. The molecule has 3 aromatic rings. The number of pyridine rings is 1. The van der Waals surface area contributed by atoms with Crippen LogP contribution in [0.15, 0.2) is 28.9 Å². The second-order valence-electron chi connectivity index (χ2n) is 5.37. The normalized spacial score (nSPS) is 11.4. The Kier molecular flexibility index (Phi) is 5.26. The monoisotopic (exact) mass is 406 g/mol. The van der Waals surface area contributed by atoms with Crippen molar-refractivity contribution in [1.82, 2.24) is 15.0 Å². The van der Waals surface area contributed by atoms with E-state index in [-0.39, 0.29) is 11.5 Å². The van der Waals surface area contributed by atoms with Gasteiger partial charge in [0, 0.05) is 34.5 Å². The molecule has 0 unspecified atom stereocenters. The lowest BCUT2D eigenvalue weighted by Crippen LogP contribution is -2.09. The summed E-state index contributed by atoms with van der Waals surface area (Å²) in [6.07, 6.45) is 3.49. The summed E-state index contributed by atoms with van der Waals surface area (Å²) in [6.45, 7) is 0. The first-order chi connectivity index (χ1) is 12.3. The number of sulfonamides is 1. The van der Waals surface area contributed by atoms with Gasteiger partial charge in [-0.2, -0.15) is 5.26 Å². The molecule has 3 rings (SSSR count). The fourth-order valence-corrected chi connectivity index (χ4v) is 4.51. The van der Waals surface area contributed by atoms with Crippen LogP contribution in [0.25, 0.3) is 10.1 Å². The van der Waals surface area contributed by atoms with Gasteiger partial charge in [0.2, 0.25) is 10.0 Å². The minimum atomic E-state index is -3.34. The van der Waals surface area contributed by atoms with Crippen LogP contribution in [0.3, 0.4) is 0 Å². The first-order valence-electron chi connectivity index (χ1n) is 7.35. The third-order valence-electron chi connectivity index (χ3n) is 3.24. The number of aryl methyl sites for hydroxylation is 1. The summed E-state index contributed by atoms with van der Waals surface area (Å²) in [4.78, 5) is 12.6. The lowest BCUT2D eigenvalue weighted by Gasteiger charge is -2.04. The Bertz CT molecular complexity index is 1100. The van der Waals surface area contributed by atoms with E-state index in [1.807, 2.05) is 12.1 Å². The van der Waals surface area contributed by atoms with Gasteiger partial charge in [-0.3, -0.25) is 9.71 Å². The first kappa shape index (κ1) is 18.4. The van der Waals surface area contributed by atoms with E-state index in [9.17, 15) is 8.42 Å². The molecule has 0 bridgehead atoms. The smallest absolute Gasteiger partial charge is 0.229 e. The average molecular weight is 407 g/mol. The van der Waals surface area contributed by atoms with Crippen molar-refractivity contribution in [3.8, 4) is 6.07 Å². The second-order valence-corrected chi connectivity index (χ2v) is 9.09. The summed E-state index contributed by atoms with van der Waals surface area (Å²) in [6, 6.07) is 5.25. The standard InChI is InChI=1S/C15H14N6O2S3/c1-26(22,23)21-12-8-25-13-7-18-9(4-11(12)13)2-3-24-15-19-10(6-16)5-14(17)20-15/h4-5,7-8,21H,2-3H2,1H3,(H2,17,19,20). The van der Waals surface area contributed by atoms with Gasteiger partial charge in [-0.15, -0.1) is 11.3 Å². The number of hydrogen-bond donors (Lipinski definition) is 2. The fourth-order valence-electron chi connectivity index (χ4n) is 2.20. The minimum Gasteiger partial charge on any atom is -0.384 e. The lowest BCUT2D eigenvalue weighted by atomic mass is 10.2. The van der Waals surface area contributed by atoms with Crippen LogP contribution in [0, 0.1) is 11.3 Å². The van der Waals surface area contributed by atoms with Gasteiger partial charge in [0.1, 0.15) is 17.6 Å². The molecular weight excluding hydrogens is 392 g/mol. The molecule has 26 heavy (non-hydrogen) atoms. The third-order valence-corrected chi connectivity index (χ3v) is 5.62. The highest BCUT2D eigenvalue weighted by Crippen LogP contribution is 2.31. The summed E-state index contributed by atoms with van der Waals surface area (Å²) < 4.78 is 26.4. The van der Waals surface area contributed by atoms with Crippen LogP contribution in [0.4, 0.5) is 11.5 Å². The number of nitrogens with one attached hydrogen (secondary N) is 1. The van der Waals surface area contributed by atoms with E-state index in [2.05, 4.69) is 19.7 Å². The second kappa shape index (κ2) is 7.45. The molecule has 0 fully saturated rings. The van der Waals surface area contributed by atoms with E-state index in [0.29, 0.717) is 23.0 Å². The zero-order valence-corrected chi connectivity index (χ0v) is 16.1. The van der Waals surface area contributed by atoms with Gasteiger partial charge in [-0.1, -0.05) is 11.8 Å². The van der Waals surface area contributed by atoms with Gasteiger partial charge < -0.3 is 5.73 Å². The van der Waals surface area contributed by atoms with E-state index in [1.54, 1.807) is 11.6 Å². The fraction of sp³-hybridized carbons (Fsp3) is 0.200. The summed E-state index contributed by atoms with van der Waals surface area (Å²) in [5.41, 5.74) is 7.26. The Hall–Kier alpha value is -2.42. The SMILES string of the molecule is CS(=O)(=O)Nc1csc2cnc(CCSc3nc(N)cc(C#N)n3)cc12. The number of nitrogen functional groups attached to an aromatic ring is 1. The number of fused-ring (bicyclic) bond motifs is 1. The predicted octanol–water partition coefficient (Wildman–Crippen LogP) is 2.25. The van der Waals surface area contributed by atoms with Gasteiger partial charge >= 0.3 is 0 Å². The zero-order chi connectivity index (χ0) is 18.7. The quantitative estimate of drug-likeness (QED) is 0.470. The van der Waals surface area contributed by atoms with Crippen molar-refractivity contribution in [2.45, 2.75) is 11.6 Å². The molecule has 0 spiro atoms. The molecule has 0 aliphatic rings. The Balaban J connectivity index is 1.72. The van der Waals surface area contributed by atoms with Crippen LogP contribution in [0.1, 0.15) is 11.4 Å². The van der Waals surface area contributed by atoms with Gasteiger partial charge in [-0.05, 0) is 12.5 Å². The summed E-state index contributed by atoms with van der Waals surface area (Å²) in [5, 5.41) is 11.9. The number of nitrogens with two attached hydrogens (primary N) is 1. The van der Waals surface area contributed by atoms with Crippen molar-refractivity contribution in [3.63, 3.8) is 0 Å². The molecule has 0 atom stereocenters. The molecule has 0 amide bonds. The Labute approximate surface area is 158 Å². The van der Waals surface area contributed by atoms with Gasteiger partial charge in [0.25, 0.3) is 0 Å². The largest absolute Gasteiger partial charge is 0.384 e. The third kappa shape index (κ3) is 4.60. The summed E-state index contributed by atoms with van der Waals surface area (Å²) >= 11 is 2.81. The number of thiophene rings is 1. The van der Waals surface area contributed by atoms with Crippen molar-refractivity contribution in [2.24, 2.45) is 0 Å². The molecule has 3 N–H and O–H groups in total. The number of rotatable bonds is 6. The molecule has 3 heterocycles. The number of aromatic nitrogens is 3. The maximum atomic E-state index is 11.5. The van der Waals surface area contributed by atoms with E-state index < -0.39 is 10.0 Å². The Morgan fingerprint density at radius 3 is 2.92 bits per heavy atom. The molecule has 0 saturated carbocycles. The van der Waals surface area contributed by atoms with E-state index in [0.717, 1.165) is 22.0 Å². The maximum Gasteiger partial charge on any atom is 0.229 e. The van der Waals surface area contributed by atoms with Gasteiger partial charge in [0.05, 0.1) is 16.6 Å². The Morgan fingerprint density at radius 1 is 1.38 bits per heavy atom. The van der Waals surface area contributed by atoms with Crippen LogP contribution < -0.4 is 10.5 Å². The van der Waals surface area contributed by atoms with E-state index in [1.165, 1.54) is 29.2 Å². The van der Waals surface area contributed by atoms with Crippen LogP contribution >= 0.6 is 23.1 Å². The van der Waals surface area contributed by atoms with E-state index >= 15 is 0 Å². The molecule has 0 aliphatic heterocycles. The highest BCUT2D eigenvalue weighted by molar-refractivity contribution is 7.99. The molecule has 3 aromatic heterocycles. The highest BCUT2D eigenvalue weighted by Gasteiger charge is 2.10. The molecule has 0 radical (unpaired) electrons. The molecule has 134 valence electrons. The molecular formula is C15H14N6O2S3. The maximum absolute atomic E-state index is 11.5. The first-order valence-corrected chi connectivity index (χ1v) is 11.1. The van der Waals surface area contributed by atoms with Crippen molar-refractivity contribution < 1.29 is 8.42 Å². The summed E-state index contributed by atoms with van der Waals surface area (Å²) in [5.74, 6) is 0.902. The molecule has 11 heteroatoms. The van der Waals surface area contributed by atoms with Crippen LogP contribution in [0.5, 0.6) is 0 Å². The lowest BCUT2D eigenvalue weighted by molar-refractivity contribution is 0.607.